The summed E-state index contributed by atoms with van der Waals surface area (Å²) in [6.45, 7) is 9.76. The standard InChI is InChI=1S/C19H30ClN3O3/c1-14(2)10-23-7-8-26-16(12-23)11-22(3)13-19(24)21-17-9-15(20)5-6-18(17)25-4/h5-6,9,14,16H,7-8,10-13H2,1-4H3,(H,21,24)/p+2/t16-/m0/s1. The molecule has 26 heavy (non-hydrogen) atoms. The summed E-state index contributed by atoms with van der Waals surface area (Å²) in [5.74, 6) is 1.22. The molecule has 0 bridgehead atoms. The van der Waals surface area contributed by atoms with Crippen molar-refractivity contribution >= 4 is 23.2 Å². The summed E-state index contributed by atoms with van der Waals surface area (Å²) in [5.41, 5.74) is 0.597. The van der Waals surface area contributed by atoms with E-state index in [1.807, 2.05) is 7.05 Å². The number of amides is 1. The van der Waals surface area contributed by atoms with E-state index in [4.69, 9.17) is 21.1 Å². The van der Waals surface area contributed by atoms with Gasteiger partial charge in [-0.25, -0.2) is 0 Å². The van der Waals surface area contributed by atoms with Gasteiger partial charge in [-0.3, -0.25) is 4.79 Å². The highest BCUT2D eigenvalue weighted by atomic mass is 35.5. The highest BCUT2D eigenvalue weighted by Crippen LogP contribution is 2.27. The van der Waals surface area contributed by atoms with Crippen molar-refractivity contribution in [2.24, 2.45) is 5.92 Å². The van der Waals surface area contributed by atoms with Crippen LogP contribution in [0.2, 0.25) is 5.02 Å². The van der Waals surface area contributed by atoms with Crippen LogP contribution in [0.3, 0.4) is 0 Å². The van der Waals surface area contributed by atoms with E-state index >= 15 is 0 Å². The molecule has 1 saturated heterocycles. The van der Waals surface area contributed by atoms with Gasteiger partial charge in [-0.1, -0.05) is 25.4 Å². The number of nitrogens with one attached hydrogen (secondary N) is 3. The molecule has 0 aromatic heterocycles. The number of anilines is 1. The second-order valence-electron chi connectivity index (χ2n) is 7.53. The molecule has 2 unspecified atom stereocenters. The Balaban J connectivity index is 1.82. The largest absolute Gasteiger partial charge is 0.495 e. The molecule has 1 aliphatic rings. The van der Waals surface area contributed by atoms with Crippen molar-refractivity contribution in [3.8, 4) is 5.75 Å². The predicted octanol–water partition coefficient (Wildman–Crippen LogP) is -0.258. The van der Waals surface area contributed by atoms with Gasteiger partial charge in [-0.05, 0) is 18.2 Å². The number of rotatable bonds is 8. The molecular weight excluding hydrogens is 354 g/mol. The molecule has 146 valence electrons. The summed E-state index contributed by atoms with van der Waals surface area (Å²) in [4.78, 5) is 15.1. The Labute approximate surface area is 161 Å². The summed E-state index contributed by atoms with van der Waals surface area (Å²) >= 11 is 6.01. The first-order valence-electron chi connectivity index (χ1n) is 9.27. The van der Waals surface area contributed by atoms with E-state index in [0.29, 0.717) is 28.9 Å². The van der Waals surface area contributed by atoms with E-state index in [9.17, 15) is 4.79 Å². The first-order chi connectivity index (χ1) is 12.4. The van der Waals surface area contributed by atoms with Crippen LogP contribution in [-0.2, 0) is 9.53 Å². The Morgan fingerprint density at radius 3 is 2.96 bits per heavy atom. The van der Waals surface area contributed by atoms with E-state index < -0.39 is 0 Å². The molecule has 0 saturated carbocycles. The first kappa shape index (κ1) is 21.0. The number of hydrogen-bond acceptors (Lipinski definition) is 3. The molecule has 1 fully saturated rings. The van der Waals surface area contributed by atoms with Crippen molar-refractivity contribution in [3.63, 3.8) is 0 Å². The van der Waals surface area contributed by atoms with Crippen LogP contribution in [0.15, 0.2) is 18.2 Å². The summed E-state index contributed by atoms with van der Waals surface area (Å²) < 4.78 is 11.2. The number of morpholine rings is 1. The average Bonchev–Trinajstić information content (AvgIpc) is 2.54. The van der Waals surface area contributed by atoms with Crippen LogP contribution < -0.4 is 19.9 Å². The zero-order valence-corrected chi connectivity index (χ0v) is 17.0. The van der Waals surface area contributed by atoms with E-state index in [1.54, 1.807) is 30.2 Å². The number of carbonyl (C=O) groups excluding carboxylic acids is 1. The topological polar surface area (TPSA) is 56.4 Å². The first-order valence-corrected chi connectivity index (χ1v) is 9.65. The zero-order valence-electron chi connectivity index (χ0n) is 16.2. The molecule has 1 heterocycles. The molecule has 0 radical (unpaired) electrons. The minimum Gasteiger partial charge on any atom is -0.495 e. The SMILES string of the molecule is COc1ccc(Cl)cc1NC(=O)C[NH+](C)C[C@H]1C[NH+](CC(C)C)CCO1. The Hall–Kier alpha value is -1.34. The summed E-state index contributed by atoms with van der Waals surface area (Å²) in [5, 5.41) is 3.45. The fourth-order valence-corrected chi connectivity index (χ4v) is 3.63. The van der Waals surface area contributed by atoms with E-state index in [0.717, 1.165) is 31.1 Å². The van der Waals surface area contributed by atoms with Gasteiger partial charge < -0.3 is 24.6 Å². The van der Waals surface area contributed by atoms with Crippen LogP contribution in [0.25, 0.3) is 0 Å². The number of ether oxygens (including phenoxy) is 2. The van der Waals surface area contributed by atoms with E-state index in [2.05, 4.69) is 19.2 Å². The van der Waals surface area contributed by atoms with Gasteiger partial charge in [0.15, 0.2) is 12.6 Å². The van der Waals surface area contributed by atoms with E-state index in [1.165, 1.54) is 6.54 Å². The lowest BCUT2D eigenvalue weighted by Crippen LogP contribution is -3.18. The van der Waals surface area contributed by atoms with Crippen LogP contribution in [0.5, 0.6) is 5.75 Å². The van der Waals surface area contributed by atoms with Crippen LogP contribution in [0.1, 0.15) is 13.8 Å². The number of benzene rings is 1. The van der Waals surface area contributed by atoms with Gasteiger partial charge in [0.25, 0.3) is 5.91 Å². The molecule has 0 spiro atoms. The number of likely N-dealkylation sites (N-methyl/N-ethyl adjacent to an activating group) is 1. The summed E-state index contributed by atoms with van der Waals surface area (Å²) in [7, 11) is 3.59. The van der Waals surface area contributed by atoms with E-state index in [-0.39, 0.29) is 12.0 Å². The maximum Gasteiger partial charge on any atom is 0.279 e. The van der Waals surface area contributed by atoms with Crippen molar-refractivity contribution in [1.29, 1.82) is 0 Å². The smallest absolute Gasteiger partial charge is 0.279 e. The Bertz CT molecular complexity index is 597. The third-order valence-corrected chi connectivity index (χ3v) is 4.73. The quantitative estimate of drug-likeness (QED) is 0.578. The molecule has 1 amide bonds. The maximum atomic E-state index is 12.4. The molecular formula is C19H32ClN3O3+2. The zero-order chi connectivity index (χ0) is 19.1. The number of methoxy groups -OCH3 is 1. The normalized spacial score (nSPS) is 21.5. The van der Waals surface area contributed by atoms with Crippen LogP contribution in [-0.4, -0.2) is 65.5 Å². The minimum absolute atomic E-state index is 0.0646. The molecule has 3 N–H and O–H groups in total. The highest BCUT2D eigenvalue weighted by Gasteiger charge is 2.27. The second-order valence-corrected chi connectivity index (χ2v) is 7.96. The Morgan fingerprint density at radius 1 is 1.50 bits per heavy atom. The molecule has 3 atom stereocenters. The van der Waals surface area contributed by atoms with Gasteiger partial charge in [0.05, 0.1) is 33.0 Å². The predicted molar refractivity (Wildman–Crippen MR) is 103 cm³/mol. The fourth-order valence-electron chi connectivity index (χ4n) is 3.45. The van der Waals surface area contributed by atoms with Crippen LogP contribution in [0.4, 0.5) is 5.69 Å². The molecule has 2 rings (SSSR count). The van der Waals surface area contributed by atoms with Crippen LogP contribution >= 0.6 is 11.6 Å². The lowest BCUT2D eigenvalue weighted by Gasteiger charge is -2.31. The van der Waals surface area contributed by atoms with Gasteiger partial charge in [0.1, 0.15) is 25.4 Å². The van der Waals surface area contributed by atoms with Crippen LogP contribution in [0, 0.1) is 5.92 Å². The van der Waals surface area contributed by atoms with Gasteiger partial charge in [0.2, 0.25) is 0 Å². The van der Waals surface area contributed by atoms with Crippen molar-refractivity contribution in [3.05, 3.63) is 23.2 Å². The second kappa shape index (κ2) is 10.1. The number of hydrogen-bond donors (Lipinski definition) is 3. The van der Waals surface area contributed by atoms with Gasteiger partial charge in [0, 0.05) is 10.9 Å². The maximum absolute atomic E-state index is 12.4. The molecule has 1 aromatic carbocycles. The van der Waals surface area contributed by atoms with Gasteiger partial charge >= 0.3 is 0 Å². The summed E-state index contributed by atoms with van der Waals surface area (Å²) in [6, 6.07) is 5.18. The third-order valence-electron chi connectivity index (χ3n) is 4.50. The minimum atomic E-state index is -0.0646. The van der Waals surface area contributed by atoms with Gasteiger partial charge in [-0.2, -0.15) is 0 Å². The number of quaternary nitrogens is 2. The lowest BCUT2D eigenvalue weighted by molar-refractivity contribution is -0.926. The Kier molecular flexibility index (Phi) is 8.15. The summed E-state index contributed by atoms with van der Waals surface area (Å²) in [6.07, 6.45) is 0.200. The number of halogens is 1. The van der Waals surface area contributed by atoms with Gasteiger partial charge in [-0.15, -0.1) is 0 Å². The monoisotopic (exact) mass is 385 g/mol. The molecule has 1 aliphatic heterocycles. The fraction of sp³-hybridized carbons (Fsp3) is 0.632. The molecule has 1 aromatic rings. The molecule has 0 aliphatic carbocycles. The Morgan fingerprint density at radius 2 is 2.27 bits per heavy atom. The number of carbonyl (C=O) groups is 1. The van der Waals surface area contributed by atoms with Crippen molar-refractivity contribution in [2.45, 2.75) is 20.0 Å². The average molecular weight is 386 g/mol. The van der Waals surface area contributed by atoms with Crippen molar-refractivity contribution in [2.75, 3.05) is 58.8 Å². The highest BCUT2D eigenvalue weighted by molar-refractivity contribution is 6.31. The third kappa shape index (κ3) is 6.76. The van der Waals surface area contributed by atoms with Crippen molar-refractivity contribution < 1.29 is 24.1 Å². The molecule has 7 heteroatoms. The molecule has 6 nitrogen and oxygen atoms in total. The van der Waals surface area contributed by atoms with Crippen molar-refractivity contribution in [1.82, 2.24) is 0 Å². The lowest BCUT2D eigenvalue weighted by atomic mass is 10.1.